The smallest absolute Gasteiger partial charge is 0.354 e. The standard InChI is InChI=1S/C14H19ClF3N5O2S/c1-19-13(21-9-10-2-3-12(15)20-8-10)22-11-4-6-23(7-5-11)26(24,25)14(16,17)18/h2-3,8,11H,4-7,9H2,1H3,(H2,19,21,22). The molecule has 2 rings (SSSR count). The number of nitrogens with zero attached hydrogens (tertiary/aromatic N) is 3. The Morgan fingerprint density at radius 2 is 2.04 bits per heavy atom. The van der Waals surface area contributed by atoms with E-state index in [0.29, 0.717) is 22.0 Å². The van der Waals surface area contributed by atoms with E-state index in [1.807, 2.05) is 0 Å². The van der Waals surface area contributed by atoms with Crippen molar-refractivity contribution in [1.82, 2.24) is 19.9 Å². The monoisotopic (exact) mass is 413 g/mol. The van der Waals surface area contributed by atoms with E-state index in [2.05, 4.69) is 20.6 Å². The zero-order chi connectivity index (χ0) is 19.4. The van der Waals surface area contributed by atoms with E-state index in [9.17, 15) is 21.6 Å². The summed E-state index contributed by atoms with van der Waals surface area (Å²) in [7, 11) is -3.70. The molecule has 0 atom stereocenters. The molecule has 146 valence electrons. The number of pyridine rings is 1. The highest BCUT2D eigenvalue weighted by Gasteiger charge is 2.50. The molecule has 12 heteroatoms. The first-order valence-corrected chi connectivity index (χ1v) is 9.59. The van der Waals surface area contributed by atoms with Crippen LogP contribution in [0.5, 0.6) is 0 Å². The maximum Gasteiger partial charge on any atom is 0.511 e. The third-order valence-corrected chi connectivity index (χ3v) is 5.75. The summed E-state index contributed by atoms with van der Waals surface area (Å²) in [5.41, 5.74) is -4.39. The number of halogens is 4. The number of sulfonamides is 1. The molecular weight excluding hydrogens is 395 g/mol. The minimum absolute atomic E-state index is 0.177. The van der Waals surface area contributed by atoms with Gasteiger partial charge in [0, 0.05) is 38.9 Å². The average Bonchev–Trinajstić information content (AvgIpc) is 2.59. The molecule has 26 heavy (non-hydrogen) atoms. The number of aliphatic imine (C=N–C) groups is 1. The van der Waals surface area contributed by atoms with Crippen LogP contribution in [0.1, 0.15) is 18.4 Å². The second kappa shape index (κ2) is 8.40. The highest BCUT2D eigenvalue weighted by atomic mass is 35.5. The SMILES string of the molecule is CN=C(NCc1ccc(Cl)nc1)NC1CCN(S(=O)(=O)C(F)(F)F)CC1. The van der Waals surface area contributed by atoms with Crippen LogP contribution in [0.3, 0.4) is 0 Å². The van der Waals surface area contributed by atoms with Crippen molar-refractivity contribution in [3.8, 4) is 0 Å². The second-order valence-electron chi connectivity index (χ2n) is 5.68. The van der Waals surface area contributed by atoms with Crippen LogP contribution in [0.2, 0.25) is 5.15 Å². The lowest BCUT2D eigenvalue weighted by molar-refractivity contribution is -0.0494. The Balaban J connectivity index is 1.84. The van der Waals surface area contributed by atoms with Crippen LogP contribution in [0.15, 0.2) is 23.3 Å². The third kappa shape index (κ3) is 5.21. The van der Waals surface area contributed by atoms with Crippen molar-refractivity contribution in [1.29, 1.82) is 0 Å². The Bertz CT molecular complexity index is 732. The normalized spacial score (nSPS) is 18.0. The molecule has 0 aliphatic carbocycles. The Labute approximate surface area is 154 Å². The van der Waals surface area contributed by atoms with Gasteiger partial charge >= 0.3 is 15.5 Å². The number of alkyl halides is 3. The van der Waals surface area contributed by atoms with Crippen molar-refractivity contribution in [2.45, 2.75) is 30.9 Å². The van der Waals surface area contributed by atoms with Gasteiger partial charge < -0.3 is 10.6 Å². The lowest BCUT2D eigenvalue weighted by atomic mass is 10.1. The van der Waals surface area contributed by atoms with Gasteiger partial charge in [-0.3, -0.25) is 4.99 Å². The van der Waals surface area contributed by atoms with Crippen LogP contribution in [-0.4, -0.2) is 55.4 Å². The van der Waals surface area contributed by atoms with E-state index in [1.165, 1.54) is 0 Å². The molecule has 1 fully saturated rings. The molecule has 2 N–H and O–H groups in total. The van der Waals surface area contributed by atoms with Gasteiger partial charge in [0.05, 0.1) is 0 Å². The van der Waals surface area contributed by atoms with Gasteiger partial charge in [-0.2, -0.15) is 17.5 Å². The van der Waals surface area contributed by atoms with Gasteiger partial charge in [-0.25, -0.2) is 13.4 Å². The fourth-order valence-electron chi connectivity index (χ4n) is 2.47. The number of guanidine groups is 1. The summed E-state index contributed by atoms with van der Waals surface area (Å²) >= 11 is 5.72. The summed E-state index contributed by atoms with van der Waals surface area (Å²) in [6.45, 7) is 0.0420. The van der Waals surface area contributed by atoms with Crippen LogP contribution < -0.4 is 10.6 Å². The largest absolute Gasteiger partial charge is 0.511 e. The van der Waals surface area contributed by atoms with E-state index < -0.39 is 15.5 Å². The highest BCUT2D eigenvalue weighted by Crippen LogP contribution is 2.28. The average molecular weight is 414 g/mol. The van der Waals surface area contributed by atoms with Crippen molar-refractivity contribution < 1.29 is 21.6 Å². The molecule has 1 aromatic rings. The fraction of sp³-hybridized carbons (Fsp3) is 0.571. The van der Waals surface area contributed by atoms with Crippen LogP contribution in [0.25, 0.3) is 0 Å². The number of hydrogen-bond donors (Lipinski definition) is 2. The first-order chi connectivity index (χ1) is 12.1. The summed E-state index contributed by atoms with van der Waals surface area (Å²) < 4.78 is 61.0. The van der Waals surface area contributed by atoms with Crippen LogP contribution >= 0.6 is 11.6 Å². The third-order valence-electron chi connectivity index (χ3n) is 3.90. The lowest BCUT2D eigenvalue weighted by Gasteiger charge is -2.32. The molecule has 7 nitrogen and oxygen atoms in total. The van der Waals surface area contributed by atoms with Crippen molar-refractivity contribution in [2.75, 3.05) is 20.1 Å². The van der Waals surface area contributed by atoms with Gasteiger partial charge in [-0.05, 0) is 24.5 Å². The molecule has 1 aromatic heterocycles. The Kier molecular flexibility index (Phi) is 6.69. The first kappa shape index (κ1) is 20.7. The summed E-state index contributed by atoms with van der Waals surface area (Å²) in [5, 5.41) is 6.54. The minimum Gasteiger partial charge on any atom is -0.354 e. The van der Waals surface area contributed by atoms with Crippen LogP contribution in [-0.2, 0) is 16.6 Å². The number of hydrogen-bond acceptors (Lipinski definition) is 4. The van der Waals surface area contributed by atoms with Gasteiger partial charge in [0.2, 0.25) is 0 Å². The van der Waals surface area contributed by atoms with E-state index in [4.69, 9.17) is 11.6 Å². The van der Waals surface area contributed by atoms with Crippen molar-refractivity contribution >= 4 is 27.6 Å². The highest BCUT2D eigenvalue weighted by molar-refractivity contribution is 7.90. The molecule has 0 aromatic carbocycles. The van der Waals surface area contributed by atoms with Crippen LogP contribution in [0.4, 0.5) is 13.2 Å². The lowest BCUT2D eigenvalue weighted by Crippen LogP contribution is -2.51. The first-order valence-electron chi connectivity index (χ1n) is 7.77. The molecule has 0 spiro atoms. The van der Waals surface area contributed by atoms with Crippen molar-refractivity contribution in [3.05, 3.63) is 29.0 Å². The van der Waals surface area contributed by atoms with Gasteiger partial charge in [0.1, 0.15) is 5.15 Å². The minimum atomic E-state index is -5.27. The molecule has 0 saturated carbocycles. The number of aromatic nitrogens is 1. The zero-order valence-electron chi connectivity index (χ0n) is 13.9. The molecule has 2 heterocycles. The maximum absolute atomic E-state index is 12.6. The summed E-state index contributed by atoms with van der Waals surface area (Å²) in [5.74, 6) is 0.470. The predicted molar refractivity (Wildman–Crippen MR) is 92.2 cm³/mol. The van der Waals surface area contributed by atoms with E-state index in [0.717, 1.165) is 5.56 Å². The summed E-state index contributed by atoms with van der Waals surface area (Å²) in [6, 6.07) is 3.28. The number of rotatable bonds is 4. The Morgan fingerprint density at radius 3 is 2.54 bits per heavy atom. The van der Waals surface area contributed by atoms with Gasteiger partial charge in [0.15, 0.2) is 5.96 Å². The van der Waals surface area contributed by atoms with E-state index in [1.54, 1.807) is 25.4 Å². The fourth-order valence-corrected chi connectivity index (χ4v) is 3.57. The summed E-state index contributed by atoms with van der Waals surface area (Å²) in [4.78, 5) is 8.02. The number of piperidine rings is 1. The molecule has 1 aliphatic heterocycles. The van der Waals surface area contributed by atoms with Gasteiger partial charge in [-0.1, -0.05) is 17.7 Å². The van der Waals surface area contributed by atoms with Gasteiger partial charge in [0.25, 0.3) is 0 Å². The molecule has 1 saturated heterocycles. The summed E-state index contributed by atoms with van der Waals surface area (Å²) in [6.07, 6.45) is 2.11. The molecule has 1 aliphatic rings. The molecule has 0 amide bonds. The van der Waals surface area contributed by atoms with Crippen molar-refractivity contribution in [2.24, 2.45) is 4.99 Å². The quantitative estimate of drug-likeness (QED) is 0.446. The molecule has 0 bridgehead atoms. The Hall–Kier alpha value is -1.59. The van der Waals surface area contributed by atoms with Crippen LogP contribution in [0, 0.1) is 0 Å². The van der Waals surface area contributed by atoms with E-state index >= 15 is 0 Å². The number of nitrogens with one attached hydrogen (secondary N) is 2. The topological polar surface area (TPSA) is 86.7 Å². The van der Waals surface area contributed by atoms with Gasteiger partial charge in [-0.15, -0.1) is 0 Å². The second-order valence-corrected chi connectivity index (χ2v) is 8.00. The van der Waals surface area contributed by atoms with Crippen molar-refractivity contribution in [3.63, 3.8) is 0 Å². The van der Waals surface area contributed by atoms with E-state index in [-0.39, 0.29) is 32.0 Å². The molecular formula is C14H19ClF3N5O2S. The zero-order valence-corrected chi connectivity index (χ0v) is 15.5. The molecule has 0 unspecified atom stereocenters. The maximum atomic E-state index is 12.6. The Morgan fingerprint density at radius 1 is 1.38 bits per heavy atom. The molecule has 0 radical (unpaired) electrons. The predicted octanol–water partition coefficient (Wildman–Crippen LogP) is 1.71.